The highest BCUT2D eigenvalue weighted by atomic mass is 19.4. The Balaban J connectivity index is 2.26. The number of piperidine rings is 1. The third-order valence-electron chi connectivity index (χ3n) is 3.72. The lowest BCUT2D eigenvalue weighted by atomic mass is 9.83. The van der Waals surface area contributed by atoms with Crippen molar-refractivity contribution >= 4 is 0 Å². The van der Waals surface area contributed by atoms with Gasteiger partial charge in [-0.3, -0.25) is 4.90 Å². The van der Waals surface area contributed by atoms with Crippen LogP contribution in [0.3, 0.4) is 0 Å². The Morgan fingerprint density at radius 2 is 1.84 bits per heavy atom. The van der Waals surface area contributed by atoms with Gasteiger partial charge in [-0.25, -0.2) is 4.39 Å². The van der Waals surface area contributed by atoms with E-state index in [4.69, 9.17) is 0 Å². The molecule has 1 aromatic carbocycles. The molecule has 2 rings (SSSR count). The number of alkyl halides is 3. The van der Waals surface area contributed by atoms with E-state index in [2.05, 4.69) is 0 Å². The van der Waals surface area contributed by atoms with Crippen molar-refractivity contribution in [1.82, 2.24) is 4.90 Å². The highest BCUT2D eigenvalue weighted by Gasteiger charge is 2.56. The quantitative estimate of drug-likeness (QED) is 0.798. The molecule has 1 heterocycles. The second-order valence-electron chi connectivity index (χ2n) is 5.03. The molecule has 0 aliphatic carbocycles. The molecule has 1 N–H and O–H groups in total. The molecule has 1 aromatic rings. The number of nitrogens with zero attached hydrogens (tertiary/aromatic N) is 1. The van der Waals surface area contributed by atoms with Gasteiger partial charge in [0.05, 0.1) is 0 Å². The second kappa shape index (κ2) is 4.76. The highest BCUT2D eigenvalue weighted by Crippen LogP contribution is 2.44. The lowest BCUT2D eigenvalue weighted by molar-refractivity contribution is -0.277. The van der Waals surface area contributed by atoms with Gasteiger partial charge >= 0.3 is 6.18 Å². The van der Waals surface area contributed by atoms with Crippen molar-refractivity contribution < 1.29 is 22.7 Å². The van der Waals surface area contributed by atoms with Crippen molar-refractivity contribution in [1.29, 1.82) is 0 Å². The first kappa shape index (κ1) is 14.3. The zero-order chi connectivity index (χ0) is 14.3. The Hall–Kier alpha value is -1.14. The topological polar surface area (TPSA) is 23.5 Å². The minimum Gasteiger partial charge on any atom is -0.380 e. The van der Waals surface area contributed by atoms with Gasteiger partial charge < -0.3 is 5.11 Å². The van der Waals surface area contributed by atoms with Gasteiger partial charge in [-0.1, -0.05) is 12.1 Å². The largest absolute Gasteiger partial charge is 0.417 e. The zero-order valence-corrected chi connectivity index (χ0v) is 10.4. The lowest BCUT2D eigenvalue weighted by Crippen LogP contribution is -2.53. The molecule has 0 saturated carbocycles. The first-order chi connectivity index (χ1) is 8.73. The Kier molecular flexibility index (Phi) is 3.57. The van der Waals surface area contributed by atoms with E-state index in [1.807, 2.05) is 0 Å². The summed E-state index contributed by atoms with van der Waals surface area (Å²) >= 11 is 0. The van der Waals surface area contributed by atoms with Gasteiger partial charge in [-0.2, -0.15) is 13.2 Å². The molecule has 1 fully saturated rings. The third-order valence-corrected chi connectivity index (χ3v) is 3.72. The molecule has 6 heteroatoms. The zero-order valence-electron chi connectivity index (χ0n) is 10.4. The average Bonchev–Trinajstić information content (AvgIpc) is 2.32. The van der Waals surface area contributed by atoms with E-state index < -0.39 is 30.1 Å². The van der Waals surface area contributed by atoms with Crippen molar-refractivity contribution in [3.8, 4) is 0 Å². The van der Waals surface area contributed by atoms with Crippen LogP contribution >= 0.6 is 0 Å². The molecule has 2 nitrogen and oxygen atoms in total. The molecule has 0 aromatic heterocycles. The summed E-state index contributed by atoms with van der Waals surface area (Å²) in [7, 11) is 1.70. The SMILES string of the molecule is CN1CC[C@@](O)(C(F)(F)F)C[C@H]1c1ccc(F)cc1. The van der Waals surface area contributed by atoms with Crippen LogP contribution in [0, 0.1) is 5.82 Å². The van der Waals surface area contributed by atoms with Crippen LogP contribution in [-0.2, 0) is 0 Å². The van der Waals surface area contributed by atoms with E-state index in [9.17, 15) is 22.7 Å². The molecule has 0 spiro atoms. The number of benzene rings is 1. The first-order valence-corrected chi connectivity index (χ1v) is 5.98. The molecule has 0 unspecified atom stereocenters. The third kappa shape index (κ3) is 2.74. The Morgan fingerprint density at radius 3 is 2.37 bits per heavy atom. The Labute approximate surface area is 108 Å². The molecular weight excluding hydrogens is 262 g/mol. The summed E-state index contributed by atoms with van der Waals surface area (Å²) < 4.78 is 51.5. The van der Waals surface area contributed by atoms with Crippen LogP contribution in [0.5, 0.6) is 0 Å². The molecule has 0 radical (unpaired) electrons. The van der Waals surface area contributed by atoms with Crippen molar-refractivity contribution in [2.45, 2.75) is 30.7 Å². The predicted molar refractivity (Wildman–Crippen MR) is 62.0 cm³/mol. The summed E-state index contributed by atoms with van der Waals surface area (Å²) in [5.41, 5.74) is -2.09. The standard InChI is InChI=1S/C13H15F4NO/c1-18-7-6-12(19,13(15,16)17)8-11(18)9-2-4-10(14)5-3-9/h2-5,11,19H,6-8H2,1H3/t11-,12-/m0/s1. The summed E-state index contributed by atoms with van der Waals surface area (Å²) in [6, 6.07) is 4.77. The molecule has 1 aliphatic rings. The maximum absolute atomic E-state index is 12.9. The second-order valence-corrected chi connectivity index (χ2v) is 5.03. The summed E-state index contributed by atoms with van der Waals surface area (Å²) in [5, 5.41) is 9.79. The van der Waals surface area contributed by atoms with Crippen LogP contribution in [0.1, 0.15) is 24.4 Å². The van der Waals surface area contributed by atoms with E-state index in [0.29, 0.717) is 5.56 Å². The fraction of sp³-hybridized carbons (Fsp3) is 0.538. The number of hydrogen-bond acceptors (Lipinski definition) is 2. The van der Waals surface area contributed by atoms with Crippen molar-refractivity contribution in [2.24, 2.45) is 0 Å². The molecule has 0 amide bonds. The van der Waals surface area contributed by atoms with Crippen molar-refractivity contribution in [3.05, 3.63) is 35.6 Å². The average molecular weight is 277 g/mol. The minimum absolute atomic E-state index is 0.137. The number of aliphatic hydroxyl groups is 1. The summed E-state index contributed by atoms with van der Waals surface area (Å²) in [6.45, 7) is 0.137. The fourth-order valence-electron chi connectivity index (χ4n) is 2.41. The summed E-state index contributed by atoms with van der Waals surface area (Å²) in [6.07, 6.45) is -5.42. The molecule has 0 bridgehead atoms. The molecule has 2 atom stereocenters. The van der Waals surface area contributed by atoms with Gasteiger partial charge in [0.1, 0.15) is 5.82 Å². The van der Waals surface area contributed by atoms with Gasteiger partial charge in [0, 0.05) is 19.0 Å². The Morgan fingerprint density at radius 1 is 1.26 bits per heavy atom. The number of likely N-dealkylation sites (tertiary alicyclic amines) is 1. The van der Waals surface area contributed by atoms with E-state index in [1.54, 1.807) is 11.9 Å². The van der Waals surface area contributed by atoms with Gasteiger partial charge in [0.15, 0.2) is 5.60 Å². The first-order valence-electron chi connectivity index (χ1n) is 5.98. The molecule has 19 heavy (non-hydrogen) atoms. The van der Waals surface area contributed by atoms with E-state index in [0.717, 1.165) is 0 Å². The van der Waals surface area contributed by atoms with Crippen LogP contribution in [0.15, 0.2) is 24.3 Å². The minimum atomic E-state index is -4.65. The van der Waals surface area contributed by atoms with Gasteiger partial charge in [0.2, 0.25) is 0 Å². The van der Waals surface area contributed by atoms with Crippen molar-refractivity contribution in [3.63, 3.8) is 0 Å². The van der Waals surface area contributed by atoms with Gasteiger partial charge in [0.25, 0.3) is 0 Å². The number of halogens is 4. The number of hydrogen-bond donors (Lipinski definition) is 1. The molecule has 1 aliphatic heterocycles. The summed E-state index contributed by atoms with van der Waals surface area (Å²) in [4.78, 5) is 1.74. The summed E-state index contributed by atoms with van der Waals surface area (Å²) in [5.74, 6) is -0.437. The maximum Gasteiger partial charge on any atom is 0.417 e. The van der Waals surface area contributed by atoms with Crippen LogP contribution in [0.4, 0.5) is 17.6 Å². The van der Waals surface area contributed by atoms with Gasteiger partial charge in [-0.15, -0.1) is 0 Å². The van der Waals surface area contributed by atoms with E-state index in [-0.39, 0.29) is 13.0 Å². The number of rotatable bonds is 1. The Bertz CT molecular complexity index is 445. The molecule has 106 valence electrons. The van der Waals surface area contributed by atoms with Crippen LogP contribution in [-0.4, -0.2) is 35.4 Å². The smallest absolute Gasteiger partial charge is 0.380 e. The fourth-order valence-corrected chi connectivity index (χ4v) is 2.41. The molecule has 1 saturated heterocycles. The van der Waals surface area contributed by atoms with Crippen LogP contribution in [0.25, 0.3) is 0 Å². The monoisotopic (exact) mass is 277 g/mol. The van der Waals surface area contributed by atoms with Crippen molar-refractivity contribution in [2.75, 3.05) is 13.6 Å². The molecular formula is C13H15F4NO. The lowest BCUT2D eigenvalue weighted by Gasteiger charge is -2.43. The highest BCUT2D eigenvalue weighted by molar-refractivity contribution is 5.21. The predicted octanol–water partition coefficient (Wildman–Crippen LogP) is 2.89. The maximum atomic E-state index is 12.9. The normalized spacial score (nSPS) is 29.5. The van der Waals surface area contributed by atoms with E-state index >= 15 is 0 Å². The van der Waals surface area contributed by atoms with Crippen LogP contribution in [0.2, 0.25) is 0 Å². The van der Waals surface area contributed by atoms with Gasteiger partial charge in [-0.05, 0) is 31.2 Å². The van der Waals surface area contributed by atoms with E-state index in [1.165, 1.54) is 24.3 Å². The van der Waals surface area contributed by atoms with Crippen LogP contribution < -0.4 is 0 Å².